The smallest absolute Gasteiger partial charge is 0.264 e. The zero-order valence-electron chi connectivity index (χ0n) is 19.1. The number of hydrogen-bond acceptors (Lipinski definition) is 5. The molecule has 6 nitrogen and oxygen atoms in total. The van der Waals surface area contributed by atoms with E-state index in [-0.39, 0.29) is 22.9 Å². The molecule has 186 valence electrons. The first-order valence-electron chi connectivity index (χ1n) is 10.9. The fourth-order valence-corrected chi connectivity index (χ4v) is 5.44. The number of carbonyl (C=O) groups excluding carboxylic acids is 1. The lowest BCUT2D eigenvalue weighted by Gasteiger charge is -2.24. The van der Waals surface area contributed by atoms with E-state index in [1.807, 2.05) is 6.92 Å². The number of carbonyl (C=O) groups is 1. The predicted molar refractivity (Wildman–Crippen MR) is 134 cm³/mol. The molecule has 35 heavy (non-hydrogen) atoms. The van der Waals surface area contributed by atoms with Crippen molar-refractivity contribution in [2.75, 3.05) is 29.8 Å². The second kappa shape index (κ2) is 12.6. The number of benzene rings is 3. The van der Waals surface area contributed by atoms with Crippen LogP contribution in [0.1, 0.15) is 12.5 Å². The van der Waals surface area contributed by atoms with Crippen LogP contribution in [-0.2, 0) is 20.6 Å². The van der Waals surface area contributed by atoms with Crippen LogP contribution in [0.25, 0.3) is 0 Å². The standard InChI is InChI=1S/C25H26F2N2O4S2/c1-2-33-22-11-13-23(14-12-22)35(31,32)29(21-9-7-20(26)8-10-21)17-25(30)28-15-16-34-18-19-5-3-4-6-24(19)27/h3-14H,2,15-18H2,1H3,(H,28,30). The summed E-state index contributed by atoms with van der Waals surface area (Å²) in [6, 6.07) is 17.2. The van der Waals surface area contributed by atoms with Gasteiger partial charge in [0, 0.05) is 18.1 Å². The average Bonchev–Trinajstić information content (AvgIpc) is 2.84. The Balaban J connectivity index is 1.66. The largest absolute Gasteiger partial charge is 0.494 e. The molecule has 0 unspecified atom stereocenters. The van der Waals surface area contributed by atoms with Gasteiger partial charge in [-0.1, -0.05) is 18.2 Å². The van der Waals surface area contributed by atoms with Gasteiger partial charge in [0.25, 0.3) is 10.0 Å². The molecule has 0 fully saturated rings. The number of halogens is 2. The molecule has 0 bridgehead atoms. The Morgan fingerprint density at radius 2 is 1.69 bits per heavy atom. The minimum atomic E-state index is -4.12. The van der Waals surface area contributed by atoms with Gasteiger partial charge in [-0.2, -0.15) is 11.8 Å². The monoisotopic (exact) mass is 520 g/mol. The van der Waals surface area contributed by atoms with Crippen molar-refractivity contribution in [3.8, 4) is 5.75 Å². The molecule has 0 aliphatic rings. The molecular formula is C25H26F2N2O4S2. The van der Waals surface area contributed by atoms with Crippen molar-refractivity contribution in [1.29, 1.82) is 0 Å². The normalized spacial score (nSPS) is 11.2. The van der Waals surface area contributed by atoms with Crippen LogP contribution >= 0.6 is 11.8 Å². The van der Waals surface area contributed by atoms with Crippen LogP contribution < -0.4 is 14.4 Å². The number of nitrogens with one attached hydrogen (secondary N) is 1. The van der Waals surface area contributed by atoms with E-state index in [0.29, 0.717) is 29.4 Å². The number of hydrogen-bond donors (Lipinski definition) is 1. The number of ether oxygens (including phenoxy) is 1. The summed E-state index contributed by atoms with van der Waals surface area (Å²) < 4.78 is 60.2. The van der Waals surface area contributed by atoms with Gasteiger partial charge >= 0.3 is 0 Å². The van der Waals surface area contributed by atoms with Crippen LogP contribution in [0, 0.1) is 11.6 Å². The highest BCUT2D eigenvalue weighted by Gasteiger charge is 2.27. The number of nitrogens with zero attached hydrogens (tertiary/aromatic N) is 1. The van der Waals surface area contributed by atoms with E-state index in [2.05, 4.69) is 5.32 Å². The third-order valence-electron chi connectivity index (χ3n) is 4.91. The summed E-state index contributed by atoms with van der Waals surface area (Å²) in [5.74, 6) is 0.168. The topological polar surface area (TPSA) is 75.7 Å². The first-order chi connectivity index (χ1) is 16.8. The Hall–Kier alpha value is -3.11. The molecule has 0 aliphatic heterocycles. The molecule has 3 aromatic rings. The van der Waals surface area contributed by atoms with Gasteiger partial charge in [0.1, 0.15) is 23.9 Å². The second-order valence-electron chi connectivity index (χ2n) is 7.39. The maximum atomic E-state index is 13.7. The molecule has 10 heteroatoms. The van der Waals surface area contributed by atoms with Gasteiger partial charge < -0.3 is 10.1 Å². The lowest BCUT2D eigenvalue weighted by Crippen LogP contribution is -2.41. The molecule has 0 saturated carbocycles. The number of rotatable bonds is 12. The molecule has 1 N–H and O–H groups in total. The van der Waals surface area contributed by atoms with Gasteiger partial charge in [-0.3, -0.25) is 9.10 Å². The molecular weight excluding hydrogens is 494 g/mol. The second-order valence-corrected chi connectivity index (χ2v) is 10.4. The van der Waals surface area contributed by atoms with E-state index in [4.69, 9.17) is 4.74 Å². The maximum absolute atomic E-state index is 13.7. The first-order valence-corrected chi connectivity index (χ1v) is 13.5. The quantitative estimate of drug-likeness (QED) is 0.353. The summed E-state index contributed by atoms with van der Waals surface area (Å²) in [6.45, 7) is 2.04. The molecule has 0 aliphatic carbocycles. The van der Waals surface area contributed by atoms with Crippen LogP contribution in [-0.4, -0.2) is 39.8 Å². The van der Waals surface area contributed by atoms with Gasteiger partial charge in [-0.15, -0.1) is 0 Å². The van der Waals surface area contributed by atoms with Crippen LogP contribution in [0.4, 0.5) is 14.5 Å². The van der Waals surface area contributed by atoms with E-state index >= 15 is 0 Å². The van der Waals surface area contributed by atoms with E-state index in [1.165, 1.54) is 54.2 Å². The summed E-state index contributed by atoms with van der Waals surface area (Å²) in [7, 11) is -4.12. The van der Waals surface area contributed by atoms with E-state index < -0.39 is 28.3 Å². The zero-order chi connectivity index (χ0) is 25.3. The zero-order valence-corrected chi connectivity index (χ0v) is 20.7. The number of anilines is 1. The highest BCUT2D eigenvalue weighted by atomic mass is 32.2. The van der Waals surface area contributed by atoms with E-state index in [9.17, 15) is 22.0 Å². The highest BCUT2D eigenvalue weighted by molar-refractivity contribution is 7.98. The van der Waals surface area contributed by atoms with Gasteiger partial charge in [0.2, 0.25) is 5.91 Å². The van der Waals surface area contributed by atoms with Crippen LogP contribution in [0.15, 0.2) is 77.7 Å². The van der Waals surface area contributed by atoms with Crippen molar-refractivity contribution in [1.82, 2.24) is 5.32 Å². The summed E-state index contributed by atoms with van der Waals surface area (Å²) in [4.78, 5) is 12.6. The van der Waals surface area contributed by atoms with E-state index in [0.717, 1.165) is 16.4 Å². The molecule has 0 saturated heterocycles. The highest BCUT2D eigenvalue weighted by Crippen LogP contribution is 2.25. The Morgan fingerprint density at radius 1 is 1.00 bits per heavy atom. The Morgan fingerprint density at radius 3 is 2.34 bits per heavy atom. The summed E-state index contributed by atoms with van der Waals surface area (Å²) in [5, 5.41) is 2.69. The average molecular weight is 521 g/mol. The van der Waals surface area contributed by atoms with Gasteiger partial charge in [-0.05, 0) is 67.1 Å². The molecule has 1 amide bonds. The van der Waals surface area contributed by atoms with E-state index in [1.54, 1.807) is 18.2 Å². The van der Waals surface area contributed by atoms with Gasteiger partial charge in [-0.25, -0.2) is 17.2 Å². The first kappa shape index (κ1) is 26.5. The molecule has 0 radical (unpaired) electrons. The minimum Gasteiger partial charge on any atom is -0.494 e. The summed E-state index contributed by atoms with van der Waals surface area (Å²) >= 11 is 1.45. The van der Waals surface area contributed by atoms with Crippen molar-refractivity contribution in [2.24, 2.45) is 0 Å². The SMILES string of the molecule is CCOc1ccc(S(=O)(=O)N(CC(=O)NCCSCc2ccccc2F)c2ccc(F)cc2)cc1. The Labute approximate surface area is 208 Å². The van der Waals surface area contributed by atoms with Crippen molar-refractivity contribution >= 4 is 33.4 Å². The number of thioether (sulfide) groups is 1. The van der Waals surface area contributed by atoms with Crippen molar-refractivity contribution in [3.63, 3.8) is 0 Å². The molecule has 0 spiro atoms. The predicted octanol–water partition coefficient (Wildman–Crippen LogP) is 4.61. The van der Waals surface area contributed by atoms with Crippen molar-refractivity contribution in [3.05, 3.63) is 90.0 Å². The van der Waals surface area contributed by atoms with Crippen molar-refractivity contribution < 1.29 is 26.7 Å². The fraction of sp³-hybridized carbons (Fsp3) is 0.240. The van der Waals surface area contributed by atoms with Crippen LogP contribution in [0.5, 0.6) is 5.75 Å². The van der Waals surface area contributed by atoms with Crippen LogP contribution in [0.2, 0.25) is 0 Å². The van der Waals surface area contributed by atoms with Gasteiger partial charge in [0.05, 0.1) is 17.2 Å². The van der Waals surface area contributed by atoms with Crippen LogP contribution in [0.3, 0.4) is 0 Å². The fourth-order valence-electron chi connectivity index (χ4n) is 3.17. The Bertz CT molecular complexity index is 1220. The Kier molecular flexibility index (Phi) is 9.50. The van der Waals surface area contributed by atoms with Crippen molar-refractivity contribution in [2.45, 2.75) is 17.6 Å². The third kappa shape index (κ3) is 7.43. The third-order valence-corrected chi connectivity index (χ3v) is 7.70. The molecule has 0 aromatic heterocycles. The lowest BCUT2D eigenvalue weighted by molar-refractivity contribution is -0.119. The summed E-state index contributed by atoms with van der Waals surface area (Å²) in [5.41, 5.74) is 0.733. The molecule has 3 aromatic carbocycles. The van der Waals surface area contributed by atoms with Gasteiger partial charge in [0.15, 0.2) is 0 Å². The molecule has 0 heterocycles. The summed E-state index contributed by atoms with van der Waals surface area (Å²) in [6.07, 6.45) is 0. The lowest BCUT2D eigenvalue weighted by atomic mass is 10.2. The number of amides is 1. The molecule has 0 atom stereocenters. The minimum absolute atomic E-state index is 0.0291. The molecule has 3 rings (SSSR count). The maximum Gasteiger partial charge on any atom is 0.264 e. The number of sulfonamides is 1.